The number of hydrogen-bond donors (Lipinski definition) is 3. The molecule has 1 heterocycles. The van der Waals surface area contributed by atoms with Gasteiger partial charge < -0.3 is 24.8 Å². The van der Waals surface area contributed by atoms with Gasteiger partial charge in [0, 0.05) is 42.3 Å². The number of amides is 2. The summed E-state index contributed by atoms with van der Waals surface area (Å²) >= 11 is 1.49. The molecular weight excluding hydrogens is 637 g/mol. The molecule has 47 heavy (non-hydrogen) atoms. The molecule has 0 saturated heterocycles. The van der Waals surface area contributed by atoms with Crippen LogP contribution in [-0.4, -0.2) is 67.2 Å². The molecule has 0 spiro atoms. The predicted molar refractivity (Wildman–Crippen MR) is 184 cm³/mol. The van der Waals surface area contributed by atoms with Gasteiger partial charge in [-0.1, -0.05) is 56.3 Å². The van der Waals surface area contributed by atoms with Crippen molar-refractivity contribution in [3.05, 3.63) is 117 Å². The lowest BCUT2D eigenvalue weighted by Crippen LogP contribution is -2.48. The molecule has 2 atom stereocenters. The standard InChI is InChI=1S/C35H42N4O6S2/c1-23(2)29-14-26(15-30(18-29)45-47(5,43)44)19-36-20-32(40)31(16-25-10-7-6-8-11-25)38-34(41)27-12-9-13-28(17-27)35(42)39(4)21-33-37-24(3)22-46-33/h6-15,17-18,22-23,31-32,36,40H,16,19-21H2,1-5H3,(H,38,41)/t31-,32+/m0/s1. The topological polar surface area (TPSA) is 138 Å². The lowest BCUT2D eigenvalue weighted by atomic mass is 9.99. The first-order valence-corrected chi connectivity index (χ1v) is 18.0. The van der Waals surface area contributed by atoms with Crippen molar-refractivity contribution in [2.24, 2.45) is 0 Å². The molecular formula is C35H42N4O6S2. The maximum absolute atomic E-state index is 13.5. The monoisotopic (exact) mass is 678 g/mol. The van der Waals surface area contributed by atoms with Gasteiger partial charge in [0.25, 0.3) is 11.8 Å². The van der Waals surface area contributed by atoms with E-state index in [0.29, 0.717) is 30.6 Å². The highest BCUT2D eigenvalue weighted by atomic mass is 32.2. The average Bonchev–Trinajstić information content (AvgIpc) is 3.43. The molecule has 0 aliphatic heterocycles. The zero-order chi connectivity index (χ0) is 34.1. The van der Waals surface area contributed by atoms with E-state index in [4.69, 9.17) is 4.18 Å². The molecule has 250 valence electrons. The van der Waals surface area contributed by atoms with Crippen molar-refractivity contribution in [2.45, 2.75) is 58.3 Å². The lowest BCUT2D eigenvalue weighted by Gasteiger charge is -2.25. The Bertz CT molecular complexity index is 1780. The van der Waals surface area contributed by atoms with Gasteiger partial charge in [-0.05, 0) is 66.3 Å². The van der Waals surface area contributed by atoms with Gasteiger partial charge in [0.15, 0.2) is 0 Å². The number of hydrogen-bond acceptors (Lipinski definition) is 9. The zero-order valence-electron chi connectivity index (χ0n) is 27.3. The number of nitrogens with zero attached hydrogens (tertiary/aromatic N) is 2. The number of aromatic nitrogens is 1. The molecule has 2 amide bonds. The van der Waals surface area contributed by atoms with Gasteiger partial charge in [-0.3, -0.25) is 9.59 Å². The third-order valence-corrected chi connectivity index (χ3v) is 8.87. The summed E-state index contributed by atoms with van der Waals surface area (Å²) in [5.74, 6) is -0.269. The van der Waals surface area contributed by atoms with Crippen molar-refractivity contribution in [3.8, 4) is 5.75 Å². The predicted octanol–water partition coefficient (Wildman–Crippen LogP) is 4.68. The van der Waals surface area contributed by atoms with Gasteiger partial charge >= 0.3 is 10.1 Å². The van der Waals surface area contributed by atoms with Crippen molar-refractivity contribution in [3.63, 3.8) is 0 Å². The number of carbonyl (C=O) groups is 2. The molecule has 4 aromatic rings. The number of nitrogens with one attached hydrogen (secondary N) is 2. The summed E-state index contributed by atoms with van der Waals surface area (Å²) in [7, 11) is -2.00. The van der Waals surface area contributed by atoms with Gasteiger partial charge in [0.05, 0.1) is 24.9 Å². The van der Waals surface area contributed by atoms with Crippen molar-refractivity contribution < 1.29 is 27.3 Å². The first-order chi connectivity index (χ1) is 22.3. The number of rotatable bonds is 15. The Hall–Kier alpha value is -4.10. The second kappa shape index (κ2) is 16.1. The van der Waals surface area contributed by atoms with E-state index in [1.54, 1.807) is 48.3 Å². The smallest absolute Gasteiger partial charge is 0.306 e. The van der Waals surface area contributed by atoms with Crippen LogP contribution in [0.2, 0.25) is 0 Å². The van der Waals surface area contributed by atoms with Gasteiger partial charge in [0.2, 0.25) is 0 Å². The van der Waals surface area contributed by atoms with Crippen molar-refractivity contribution in [2.75, 3.05) is 19.8 Å². The number of benzene rings is 3. The quantitative estimate of drug-likeness (QED) is 0.154. The molecule has 3 N–H and O–H groups in total. The van der Waals surface area contributed by atoms with Crippen LogP contribution in [0.5, 0.6) is 5.75 Å². The fourth-order valence-corrected chi connectivity index (χ4v) is 6.29. The minimum Gasteiger partial charge on any atom is -0.390 e. The normalized spacial score (nSPS) is 12.8. The van der Waals surface area contributed by atoms with E-state index in [2.05, 4.69) is 15.6 Å². The van der Waals surface area contributed by atoms with Gasteiger partial charge in [0.1, 0.15) is 10.8 Å². The highest BCUT2D eigenvalue weighted by Crippen LogP contribution is 2.24. The van der Waals surface area contributed by atoms with Gasteiger partial charge in [-0.25, -0.2) is 4.98 Å². The summed E-state index contributed by atoms with van der Waals surface area (Å²) in [5.41, 5.74) is 4.23. The Morgan fingerprint density at radius 3 is 2.38 bits per heavy atom. The average molecular weight is 679 g/mol. The second-order valence-electron chi connectivity index (χ2n) is 11.9. The van der Waals surface area contributed by atoms with Crippen LogP contribution in [0.25, 0.3) is 0 Å². The van der Waals surface area contributed by atoms with Crippen molar-refractivity contribution in [1.82, 2.24) is 20.5 Å². The van der Waals surface area contributed by atoms with E-state index in [0.717, 1.165) is 33.6 Å². The number of aliphatic hydroxyl groups is 1. The molecule has 0 fully saturated rings. The van der Waals surface area contributed by atoms with Crippen LogP contribution in [0.15, 0.2) is 78.2 Å². The fraction of sp³-hybridized carbons (Fsp3) is 0.343. The Morgan fingerprint density at radius 1 is 1.00 bits per heavy atom. The summed E-state index contributed by atoms with van der Waals surface area (Å²) in [4.78, 5) is 32.7. The third kappa shape index (κ3) is 11.0. The minimum absolute atomic E-state index is 0.143. The Morgan fingerprint density at radius 2 is 1.72 bits per heavy atom. The van der Waals surface area contributed by atoms with Crippen molar-refractivity contribution >= 4 is 33.3 Å². The molecule has 0 aliphatic carbocycles. The highest BCUT2D eigenvalue weighted by molar-refractivity contribution is 7.86. The second-order valence-corrected chi connectivity index (χ2v) is 14.5. The molecule has 12 heteroatoms. The third-order valence-electron chi connectivity index (χ3n) is 7.42. The van der Waals surface area contributed by atoms with E-state index < -0.39 is 28.2 Å². The van der Waals surface area contributed by atoms with Gasteiger partial charge in [-0.2, -0.15) is 8.42 Å². The van der Waals surface area contributed by atoms with Gasteiger partial charge in [-0.15, -0.1) is 11.3 Å². The maximum Gasteiger partial charge on any atom is 0.306 e. The number of aryl methyl sites for hydroxylation is 1. The summed E-state index contributed by atoms with van der Waals surface area (Å²) in [6, 6.07) is 20.8. The number of carbonyl (C=O) groups excluding carboxylic acids is 2. The van der Waals surface area contributed by atoms with E-state index in [1.165, 1.54) is 11.3 Å². The lowest BCUT2D eigenvalue weighted by molar-refractivity contribution is 0.0784. The highest BCUT2D eigenvalue weighted by Gasteiger charge is 2.23. The molecule has 10 nitrogen and oxygen atoms in total. The largest absolute Gasteiger partial charge is 0.390 e. The molecule has 4 rings (SSSR count). The Labute approximate surface area is 280 Å². The van der Waals surface area contributed by atoms with Crippen LogP contribution in [0, 0.1) is 6.92 Å². The zero-order valence-corrected chi connectivity index (χ0v) is 28.9. The summed E-state index contributed by atoms with van der Waals surface area (Å²) in [5, 5.41) is 20.3. The molecule has 1 aromatic heterocycles. The first kappa shape index (κ1) is 35.7. The Balaban J connectivity index is 1.45. The van der Waals surface area contributed by atoms with E-state index in [9.17, 15) is 23.1 Å². The number of aliphatic hydroxyl groups excluding tert-OH is 1. The van der Waals surface area contributed by atoms with Crippen LogP contribution in [-0.2, 0) is 29.6 Å². The van der Waals surface area contributed by atoms with Crippen LogP contribution >= 0.6 is 11.3 Å². The SMILES string of the molecule is Cc1csc(CN(C)C(=O)c2cccc(C(=O)N[C@@H](Cc3ccccc3)[C@H](O)CNCc3cc(OS(C)(=O)=O)cc(C(C)C)c3)c2)n1. The number of thiazole rings is 1. The molecule has 0 aliphatic rings. The summed E-state index contributed by atoms with van der Waals surface area (Å²) in [6.45, 7) is 6.75. The van der Waals surface area contributed by atoms with Crippen LogP contribution in [0.3, 0.4) is 0 Å². The maximum atomic E-state index is 13.5. The minimum atomic E-state index is -3.69. The summed E-state index contributed by atoms with van der Waals surface area (Å²) < 4.78 is 28.6. The van der Waals surface area contributed by atoms with Crippen LogP contribution < -0.4 is 14.8 Å². The molecule has 0 unspecified atom stereocenters. The summed E-state index contributed by atoms with van der Waals surface area (Å²) in [6.07, 6.45) is 0.401. The molecule has 0 saturated carbocycles. The first-order valence-electron chi connectivity index (χ1n) is 15.3. The van der Waals surface area contributed by atoms with Crippen molar-refractivity contribution in [1.29, 1.82) is 0 Å². The fourth-order valence-electron chi connectivity index (χ4n) is 5.02. The molecule has 3 aromatic carbocycles. The van der Waals surface area contributed by atoms with Crippen LogP contribution in [0.4, 0.5) is 0 Å². The van der Waals surface area contributed by atoms with E-state index >= 15 is 0 Å². The van der Waals surface area contributed by atoms with Crippen LogP contribution in [0.1, 0.15) is 67.9 Å². The Kier molecular flexibility index (Phi) is 12.3. The van der Waals surface area contributed by atoms with E-state index in [1.807, 2.05) is 62.5 Å². The molecule has 0 radical (unpaired) electrons. The van der Waals surface area contributed by atoms with E-state index in [-0.39, 0.29) is 24.1 Å². The molecule has 0 bridgehead atoms.